The maximum atomic E-state index is 5.19. The van der Waals surface area contributed by atoms with Crippen molar-refractivity contribution in [2.45, 2.75) is 50.9 Å². The Kier molecular flexibility index (Phi) is 4.01. The number of aromatic nitrogens is 4. The lowest BCUT2D eigenvalue weighted by molar-refractivity contribution is 0.0202. The molecule has 4 aromatic rings. The maximum Gasteiger partial charge on any atom is 0.132 e. The number of hydrogen-bond acceptors (Lipinski definition) is 4. The van der Waals surface area contributed by atoms with Crippen LogP contribution in [0.15, 0.2) is 48.8 Å². The molecule has 32 heavy (non-hydrogen) atoms. The Labute approximate surface area is 191 Å². The molecule has 0 spiro atoms. The second-order valence-electron chi connectivity index (χ2n) is 9.93. The summed E-state index contributed by atoms with van der Waals surface area (Å²) in [4.78, 5) is 11.4. The van der Waals surface area contributed by atoms with Crippen LogP contribution in [0.3, 0.4) is 0 Å². The second-order valence-corrected chi connectivity index (χ2v) is 11.0. The first-order valence-electron chi connectivity index (χ1n) is 11.8. The van der Waals surface area contributed by atoms with Crippen molar-refractivity contribution in [2.75, 3.05) is 0 Å². The molecule has 0 radical (unpaired) electrons. The molecule has 2 atom stereocenters. The average molecular weight is 439 g/mol. The number of hydrogen-bond donors (Lipinski definition) is 1. The molecular weight excluding hydrogens is 412 g/mol. The third-order valence-electron chi connectivity index (χ3n) is 8.41. The van der Waals surface area contributed by atoms with Gasteiger partial charge in [0.2, 0.25) is 0 Å². The molecule has 1 N–H and O–H groups in total. The van der Waals surface area contributed by atoms with Gasteiger partial charge in [0.15, 0.2) is 0 Å². The van der Waals surface area contributed by atoms with Crippen LogP contribution < -0.4 is 0 Å². The van der Waals surface area contributed by atoms with Crippen molar-refractivity contribution in [2.24, 2.45) is 11.3 Å². The molecule has 4 aliphatic rings. The van der Waals surface area contributed by atoms with E-state index in [2.05, 4.69) is 65.8 Å². The normalized spacial score (nSPS) is 28.5. The lowest BCUT2D eigenvalue weighted by Crippen LogP contribution is -2.44. The fraction of sp³-hybridized carbons (Fsp3) is 0.370. The van der Waals surface area contributed by atoms with Crippen LogP contribution in [0.25, 0.3) is 26.7 Å². The summed E-state index contributed by atoms with van der Waals surface area (Å²) in [5.41, 5.74) is 6.48. The van der Waals surface area contributed by atoms with E-state index in [0.29, 0.717) is 11.8 Å². The van der Waals surface area contributed by atoms with Gasteiger partial charge >= 0.3 is 0 Å². The number of aryl methyl sites for hydroxylation is 1. The van der Waals surface area contributed by atoms with Crippen LogP contribution in [0, 0.1) is 18.3 Å². The zero-order chi connectivity index (χ0) is 21.3. The van der Waals surface area contributed by atoms with Crippen molar-refractivity contribution in [3.8, 4) is 10.4 Å². The highest BCUT2D eigenvalue weighted by molar-refractivity contribution is 7.22. The highest BCUT2D eigenvalue weighted by Gasteiger charge is 2.54. The Hall–Kier alpha value is -2.79. The van der Waals surface area contributed by atoms with Crippen molar-refractivity contribution >= 4 is 27.6 Å². The van der Waals surface area contributed by atoms with Crippen LogP contribution in [0.4, 0.5) is 0 Å². The summed E-state index contributed by atoms with van der Waals surface area (Å²) in [6.45, 7) is 2.07. The monoisotopic (exact) mass is 438 g/mol. The summed E-state index contributed by atoms with van der Waals surface area (Å²) >= 11 is 1.76. The van der Waals surface area contributed by atoms with Gasteiger partial charge in [0, 0.05) is 34.2 Å². The molecular formula is C27H26N4S. The van der Waals surface area contributed by atoms with Crippen molar-refractivity contribution < 1.29 is 0 Å². The van der Waals surface area contributed by atoms with Gasteiger partial charge in [-0.2, -0.15) is 5.10 Å². The molecule has 1 aromatic carbocycles. The van der Waals surface area contributed by atoms with Gasteiger partial charge in [-0.15, -0.1) is 11.3 Å². The molecule has 0 aliphatic heterocycles. The first-order valence-corrected chi connectivity index (χ1v) is 12.6. The van der Waals surface area contributed by atoms with Crippen LogP contribution in [-0.4, -0.2) is 20.2 Å². The molecule has 4 nitrogen and oxygen atoms in total. The number of rotatable bonds is 3. The summed E-state index contributed by atoms with van der Waals surface area (Å²) < 4.78 is 1.16. The highest BCUT2D eigenvalue weighted by atomic mass is 32.1. The second kappa shape index (κ2) is 6.85. The summed E-state index contributed by atoms with van der Waals surface area (Å²) in [5.74, 6) is 2.80. The third-order valence-corrected chi connectivity index (χ3v) is 9.51. The fourth-order valence-corrected chi connectivity index (χ4v) is 7.80. The van der Waals surface area contributed by atoms with Crippen LogP contribution in [-0.2, 0) is 0 Å². The smallest absolute Gasteiger partial charge is 0.132 e. The number of aromatic amines is 1. The molecule has 3 aromatic heterocycles. The number of benzene rings is 1. The number of fused-ring (bicyclic) bond motifs is 5. The number of H-pyrrole nitrogens is 1. The van der Waals surface area contributed by atoms with Gasteiger partial charge in [-0.3, -0.25) is 5.10 Å². The van der Waals surface area contributed by atoms with Gasteiger partial charge < -0.3 is 0 Å². The third kappa shape index (κ3) is 2.64. The van der Waals surface area contributed by atoms with E-state index < -0.39 is 0 Å². The van der Waals surface area contributed by atoms with Gasteiger partial charge in [0.1, 0.15) is 5.82 Å². The molecule has 1 unspecified atom stereocenters. The van der Waals surface area contributed by atoms with Gasteiger partial charge in [0.25, 0.3) is 0 Å². The van der Waals surface area contributed by atoms with Gasteiger partial charge in [-0.05, 0) is 67.6 Å². The van der Waals surface area contributed by atoms with Crippen molar-refractivity contribution in [3.05, 3.63) is 71.4 Å². The highest BCUT2D eigenvalue weighted by Crippen LogP contribution is 2.64. The number of nitrogens with zero attached hydrogens (tertiary/aromatic N) is 3. The molecule has 0 amide bonds. The standard InChI is InChI=1S/C27H26N4S/c1-16-20(14-29-31-16)24-13-23-25(32-24)15-28-26(30-23)22-12-17-8-10-27(22,11-9-17)21-7-6-18-4-2-3-5-19(18)21/h2-7,13-15,17,21-22H,8-12H2,1H3,(H,29,31)/t17?,21?,22-,27?/m1/s1. The number of allylic oxidation sites excluding steroid dienone is 1. The van der Waals surface area contributed by atoms with Crippen molar-refractivity contribution in [1.29, 1.82) is 0 Å². The molecule has 8 rings (SSSR count). The Morgan fingerprint density at radius 3 is 2.84 bits per heavy atom. The van der Waals surface area contributed by atoms with Crippen LogP contribution in [0.1, 0.15) is 66.6 Å². The van der Waals surface area contributed by atoms with E-state index in [1.807, 2.05) is 6.20 Å². The molecule has 5 heteroatoms. The van der Waals surface area contributed by atoms with Crippen molar-refractivity contribution in [1.82, 2.24) is 20.2 Å². The van der Waals surface area contributed by atoms with E-state index in [1.54, 1.807) is 11.3 Å². The summed E-state index contributed by atoms with van der Waals surface area (Å²) in [5, 5.41) is 7.25. The van der Waals surface area contributed by atoms with E-state index in [9.17, 15) is 0 Å². The minimum atomic E-state index is 0.242. The minimum absolute atomic E-state index is 0.242. The predicted octanol–water partition coefficient (Wildman–Crippen LogP) is 6.86. The van der Waals surface area contributed by atoms with Crippen LogP contribution >= 0.6 is 11.3 Å². The van der Waals surface area contributed by atoms with E-state index in [0.717, 1.165) is 33.2 Å². The maximum absolute atomic E-state index is 5.19. The first kappa shape index (κ1) is 18.8. The van der Waals surface area contributed by atoms with Crippen molar-refractivity contribution in [3.63, 3.8) is 0 Å². The SMILES string of the molecule is Cc1[nH]ncc1-c1cc2nc([C@H]3CC4CCC3(C3C=Cc5ccccc53)CC4)ncc2s1. The predicted molar refractivity (Wildman–Crippen MR) is 130 cm³/mol. The van der Waals surface area contributed by atoms with E-state index in [-0.39, 0.29) is 5.41 Å². The largest absolute Gasteiger partial charge is 0.282 e. The summed E-state index contributed by atoms with van der Waals surface area (Å²) in [6.07, 6.45) is 15.3. The Balaban J connectivity index is 1.32. The molecule has 3 fully saturated rings. The molecule has 160 valence electrons. The van der Waals surface area contributed by atoms with Gasteiger partial charge in [0.05, 0.1) is 16.4 Å². The fourth-order valence-electron chi connectivity index (χ4n) is 6.76. The Morgan fingerprint density at radius 1 is 1.12 bits per heavy atom. The lowest BCUT2D eigenvalue weighted by atomic mass is 9.49. The molecule has 3 heterocycles. The zero-order valence-corrected chi connectivity index (χ0v) is 19.0. The molecule has 0 saturated heterocycles. The topological polar surface area (TPSA) is 54.5 Å². The average Bonchev–Trinajstić information content (AvgIpc) is 3.56. The Morgan fingerprint density at radius 2 is 2.00 bits per heavy atom. The molecule has 4 aliphatic carbocycles. The van der Waals surface area contributed by atoms with Gasteiger partial charge in [-0.1, -0.05) is 36.4 Å². The van der Waals surface area contributed by atoms with Crippen LogP contribution in [0.5, 0.6) is 0 Å². The quantitative estimate of drug-likeness (QED) is 0.380. The molecule has 3 saturated carbocycles. The van der Waals surface area contributed by atoms with E-state index in [1.165, 1.54) is 48.1 Å². The summed E-state index contributed by atoms with van der Waals surface area (Å²) in [6, 6.07) is 11.2. The van der Waals surface area contributed by atoms with Crippen LogP contribution in [0.2, 0.25) is 0 Å². The number of thiophene rings is 1. The first-order chi connectivity index (χ1) is 15.7. The lowest BCUT2D eigenvalue weighted by Gasteiger charge is -2.54. The van der Waals surface area contributed by atoms with E-state index in [4.69, 9.17) is 9.97 Å². The Bertz CT molecular complexity index is 1360. The van der Waals surface area contributed by atoms with E-state index >= 15 is 0 Å². The molecule has 2 bridgehead atoms. The zero-order valence-electron chi connectivity index (χ0n) is 18.2. The minimum Gasteiger partial charge on any atom is -0.282 e. The van der Waals surface area contributed by atoms with Gasteiger partial charge in [-0.25, -0.2) is 9.97 Å². The summed E-state index contributed by atoms with van der Waals surface area (Å²) in [7, 11) is 0. The number of nitrogens with one attached hydrogen (secondary N) is 1.